The smallest absolute Gasteiger partial charge is 0.248 e. The van der Waals surface area contributed by atoms with Crippen LogP contribution >= 0.6 is 35.0 Å². The Morgan fingerprint density at radius 1 is 1.27 bits per heavy atom. The van der Waals surface area contributed by atoms with E-state index in [1.54, 1.807) is 12.1 Å². The third-order valence-corrected chi connectivity index (χ3v) is 1.85. The molecule has 2 nitrogen and oxygen atoms in total. The second kappa shape index (κ2) is 4.56. The van der Waals surface area contributed by atoms with Crippen molar-refractivity contribution in [3.8, 4) is 0 Å². The largest absolute Gasteiger partial charge is 0.366 e. The average Bonchev–Trinajstić information content (AvgIpc) is 1.88. The minimum atomic E-state index is -0.378. The van der Waals surface area contributed by atoms with Gasteiger partial charge in [0.05, 0.1) is 0 Å². The fourth-order valence-electron chi connectivity index (χ4n) is 0.614. The van der Waals surface area contributed by atoms with E-state index in [0.717, 1.165) is 3.57 Å². The van der Waals surface area contributed by atoms with Crippen molar-refractivity contribution < 1.29 is 4.79 Å². The molecule has 0 bridgehead atoms. The first-order valence-electron chi connectivity index (χ1n) is 2.75. The summed E-state index contributed by atoms with van der Waals surface area (Å²) in [5, 5.41) is 0. The van der Waals surface area contributed by atoms with Gasteiger partial charge in [-0.2, -0.15) is 0 Å². The van der Waals surface area contributed by atoms with E-state index < -0.39 is 0 Å². The highest BCUT2D eigenvalue weighted by molar-refractivity contribution is 14.1. The molecule has 1 aromatic carbocycles. The van der Waals surface area contributed by atoms with Gasteiger partial charge in [-0.15, -0.1) is 12.4 Å². The van der Waals surface area contributed by atoms with Gasteiger partial charge in [0.2, 0.25) is 5.91 Å². The van der Waals surface area contributed by atoms with Crippen molar-refractivity contribution in [2.24, 2.45) is 5.73 Å². The molecule has 0 saturated heterocycles. The summed E-state index contributed by atoms with van der Waals surface area (Å²) in [4.78, 5) is 10.5. The zero-order valence-corrected chi connectivity index (χ0v) is 8.56. The van der Waals surface area contributed by atoms with Gasteiger partial charge in [-0.05, 0) is 46.9 Å². The van der Waals surface area contributed by atoms with Crippen molar-refractivity contribution in [1.82, 2.24) is 0 Å². The third kappa shape index (κ3) is 3.07. The minimum absolute atomic E-state index is 0. The number of carbonyl (C=O) groups is 1. The van der Waals surface area contributed by atoms with Gasteiger partial charge in [0.15, 0.2) is 0 Å². The summed E-state index contributed by atoms with van der Waals surface area (Å²) in [6.45, 7) is 0. The molecule has 1 aromatic rings. The third-order valence-electron chi connectivity index (χ3n) is 1.13. The number of halogens is 2. The quantitative estimate of drug-likeness (QED) is 0.785. The van der Waals surface area contributed by atoms with Crippen molar-refractivity contribution in [1.29, 1.82) is 0 Å². The summed E-state index contributed by atoms with van der Waals surface area (Å²) < 4.78 is 1.10. The molecule has 0 aliphatic heterocycles. The van der Waals surface area contributed by atoms with Crippen LogP contribution in [-0.2, 0) is 0 Å². The highest BCUT2D eigenvalue weighted by Crippen LogP contribution is 2.05. The average molecular weight is 283 g/mol. The normalized spacial score (nSPS) is 8.45. The first-order chi connectivity index (χ1) is 4.70. The van der Waals surface area contributed by atoms with E-state index in [1.807, 2.05) is 12.1 Å². The van der Waals surface area contributed by atoms with Crippen LogP contribution in [0.3, 0.4) is 0 Å². The molecule has 0 unspecified atom stereocenters. The summed E-state index contributed by atoms with van der Waals surface area (Å²) in [6, 6.07) is 7.12. The number of hydrogen-bond donors (Lipinski definition) is 1. The molecule has 60 valence electrons. The van der Waals surface area contributed by atoms with E-state index >= 15 is 0 Å². The zero-order valence-electron chi connectivity index (χ0n) is 5.58. The van der Waals surface area contributed by atoms with E-state index in [4.69, 9.17) is 5.73 Å². The van der Waals surface area contributed by atoms with Gasteiger partial charge in [-0.1, -0.05) is 0 Å². The summed E-state index contributed by atoms with van der Waals surface area (Å²) >= 11 is 2.17. The summed E-state index contributed by atoms with van der Waals surface area (Å²) in [6.07, 6.45) is 0. The van der Waals surface area contributed by atoms with Gasteiger partial charge in [-0.3, -0.25) is 4.79 Å². The SMILES string of the molecule is Cl.NC(=O)c1ccc(I)cc1. The molecular formula is C7H7ClINO. The summed E-state index contributed by atoms with van der Waals surface area (Å²) in [7, 11) is 0. The van der Waals surface area contributed by atoms with Gasteiger partial charge < -0.3 is 5.73 Å². The molecule has 0 fully saturated rings. The van der Waals surface area contributed by atoms with Gasteiger partial charge in [0.1, 0.15) is 0 Å². The number of amides is 1. The molecule has 0 heterocycles. The fraction of sp³-hybridized carbons (Fsp3) is 0. The lowest BCUT2D eigenvalue weighted by atomic mass is 10.2. The van der Waals surface area contributed by atoms with Crippen LogP contribution in [0.15, 0.2) is 24.3 Å². The monoisotopic (exact) mass is 283 g/mol. The van der Waals surface area contributed by atoms with Crippen molar-refractivity contribution in [2.45, 2.75) is 0 Å². The molecule has 1 rings (SSSR count). The molecule has 0 aliphatic rings. The number of rotatable bonds is 1. The lowest BCUT2D eigenvalue weighted by Gasteiger charge is -1.92. The summed E-state index contributed by atoms with van der Waals surface area (Å²) in [5.41, 5.74) is 5.58. The van der Waals surface area contributed by atoms with Gasteiger partial charge >= 0.3 is 0 Å². The number of benzene rings is 1. The van der Waals surface area contributed by atoms with E-state index in [2.05, 4.69) is 22.6 Å². The van der Waals surface area contributed by atoms with Crippen molar-refractivity contribution >= 4 is 40.9 Å². The molecule has 0 aromatic heterocycles. The zero-order chi connectivity index (χ0) is 7.56. The Morgan fingerprint density at radius 2 is 1.73 bits per heavy atom. The molecular weight excluding hydrogens is 276 g/mol. The molecule has 0 radical (unpaired) electrons. The molecule has 0 spiro atoms. The first-order valence-corrected chi connectivity index (χ1v) is 3.83. The summed E-state index contributed by atoms with van der Waals surface area (Å²) in [5.74, 6) is -0.378. The second-order valence-electron chi connectivity index (χ2n) is 1.87. The molecule has 4 heteroatoms. The Bertz CT molecular complexity index is 247. The van der Waals surface area contributed by atoms with Crippen LogP contribution in [0.5, 0.6) is 0 Å². The number of hydrogen-bond acceptors (Lipinski definition) is 1. The van der Waals surface area contributed by atoms with Crippen LogP contribution in [0.25, 0.3) is 0 Å². The standard InChI is InChI=1S/C7H6INO.ClH/c8-6-3-1-5(2-4-6)7(9)10;/h1-4H,(H2,9,10);1H. The van der Waals surface area contributed by atoms with Crippen molar-refractivity contribution in [2.75, 3.05) is 0 Å². The van der Waals surface area contributed by atoms with Crippen LogP contribution in [0.1, 0.15) is 10.4 Å². The van der Waals surface area contributed by atoms with Crippen LogP contribution in [0, 0.1) is 3.57 Å². The maximum absolute atomic E-state index is 10.5. The Morgan fingerprint density at radius 3 is 2.09 bits per heavy atom. The Kier molecular flexibility index (Phi) is 4.44. The Labute approximate surface area is 84.7 Å². The highest BCUT2D eigenvalue weighted by Gasteiger charge is 1.96. The van der Waals surface area contributed by atoms with Crippen LogP contribution in [0.2, 0.25) is 0 Å². The Hall–Kier alpha value is -0.290. The van der Waals surface area contributed by atoms with E-state index in [9.17, 15) is 4.79 Å². The molecule has 1 amide bonds. The maximum atomic E-state index is 10.5. The Balaban J connectivity index is 0.000001000. The predicted molar refractivity (Wildman–Crippen MR) is 54.9 cm³/mol. The van der Waals surface area contributed by atoms with Gasteiger partial charge in [0.25, 0.3) is 0 Å². The maximum Gasteiger partial charge on any atom is 0.248 e. The highest BCUT2D eigenvalue weighted by atomic mass is 127. The lowest BCUT2D eigenvalue weighted by molar-refractivity contribution is 0.100. The van der Waals surface area contributed by atoms with E-state index in [1.165, 1.54) is 0 Å². The fourth-order valence-corrected chi connectivity index (χ4v) is 0.974. The molecule has 0 saturated carbocycles. The molecule has 11 heavy (non-hydrogen) atoms. The van der Waals surface area contributed by atoms with E-state index in [0.29, 0.717) is 5.56 Å². The van der Waals surface area contributed by atoms with E-state index in [-0.39, 0.29) is 18.3 Å². The molecule has 0 aliphatic carbocycles. The topological polar surface area (TPSA) is 43.1 Å². The van der Waals surface area contributed by atoms with Gasteiger partial charge in [-0.25, -0.2) is 0 Å². The minimum Gasteiger partial charge on any atom is -0.366 e. The van der Waals surface area contributed by atoms with Crippen molar-refractivity contribution in [3.05, 3.63) is 33.4 Å². The number of carbonyl (C=O) groups excluding carboxylic acids is 1. The van der Waals surface area contributed by atoms with Crippen LogP contribution < -0.4 is 5.73 Å². The first kappa shape index (κ1) is 10.7. The van der Waals surface area contributed by atoms with Crippen molar-refractivity contribution in [3.63, 3.8) is 0 Å². The van der Waals surface area contributed by atoms with Crippen LogP contribution in [-0.4, -0.2) is 5.91 Å². The van der Waals surface area contributed by atoms with Gasteiger partial charge in [0, 0.05) is 9.13 Å². The predicted octanol–water partition coefficient (Wildman–Crippen LogP) is 1.81. The number of primary amides is 1. The number of nitrogens with two attached hydrogens (primary N) is 1. The second-order valence-corrected chi connectivity index (χ2v) is 3.12. The van der Waals surface area contributed by atoms with Crippen LogP contribution in [0.4, 0.5) is 0 Å². The molecule has 0 atom stereocenters. The molecule has 2 N–H and O–H groups in total. The lowest BCUT2D eigenvalue weighted by Crippen LogP contribution is -2.10.